The number of benzene rings is 1. The van der Waals surface area contributed by atoms with E-state index in [9.17, 15) is 9.50 Å². The van der Waals surface area contributed by atoms with Gasteiger partial charge in [-0.1, -0.05) is 6.07 Å². The lowest BCUT2D eigenvalue weighted by Gasteiger charge is -2.44. The number of nitrogens with two attached hydrogens (primary N) is 1. The number of rotatable bonds is 4. The molecular weight excluding hydrogens is 497 g/mol. The first-order valence-corrected chi connectivity index (χ1v) is 14.7. The van der Waals surface area contributed by atoms with Crippen LogP contribution in [0.4, 0.5) is 15.9 Å². The minimum absolute atomic E-state index is 0.264. The van der Waals surface area contributed by atoms with Crippen LogP contribution in [0.2, 0.25) is 0 Å². The van der Waals surface area contributed by atoms with Gasteiger partial charge in [-0.3, -0.25) is 4.90 Å². The highest BCUT2D eigenvalue weighted by Crippen LogP contribution is 2.47. The summed E-state index contributed by atoms with van der Waals surface area (Å²) in [7, 11) is 0. The van der Waals surface area contributed by atoms with E-state index in [0.717, 1.165) is 80.8 Å². The number of fused-ring (bicyclic) bond motifs is 4. The van der Waals surface area contributed by atoms with Crippen molar-refractivity contribution < 1.29 is 19.0 Å². The molecule has 2 aromatic rings. The molecule has 1 aliphatic carbocycles. The first kappa shape index (κ1) is 25.5. The second-order valence-electron chi connectivity index (χ2n) is 12.9. The highest BCUT2D eigenvalue weighted by atomic mass is 19.1. The lowest BCUT2D eigenvalue weighted by Crippen LogP contribution is -2.47. The van der Waals surface area contributed by atoms with Crippen LogP contribution < -0.4 is 15.4 Å². The van der Waals surface area contributed by atoms with Crippen molar-refractivity contribution in [2.24, 2.45) is 0 Å². The van der Waals surface area contributed by atoms with Gasteiger partial charge in [-0.2, -0.15) is 9.97 Å². The lowest BCUT2D eigenvalue weighted by molar-refractivity contribution is -0.0856. The summed E-state index contributed by atoms with van der Waals surface area (Å²) >= 11 is 0. The molecule has 39 heavy (non-hydrogen) atoms. The molecule has 0 bridgehead atoms. The summed E-state index contributed by atoms with van der Waals surface area (Å²) in [6.07, 6.45) is 6.96. The smallest absolute Gasteiger partial charge is 0.318 e. The summed E-state index contributed by atoms with van der Waals surface area (Å²) in [5.41, 5.74) is 9.81. The molecule has 3 N–H and O–H groups in total. The van der Waals surface area contributed by atoms with Crippen LogP contribution in [-0.2, 0) is 29.8 Å². The van der Waals surface area contributed by atoms with Gasteiger partial charge < -0.3 is 25.2 Å². The Labute approximate surface area is 229 Å². The van der Waals surface area contributed by atoms with Crippen molar-refractivity contribution in [1.82, 2.24) is 14.9 Å². The van der Waals surface area contributed by atoms with E-state index in [-0.39, 0.29) is 5.54 Å². The number of anilines is 2. The monoisotopic (exact) mass is 537 g/mol. The summed E-state index contributed by atoms with van der Waals surface area (Å²) in [4.78, 5) is 14.3. The van der Waals surface area contributed by atoms with Crippen molar-refractivity contribution in [3.05, 3.63) is 40.6 Å². The topological polar surface area (TPSA) is 97.0 Å². The summed E-state index contributed by atoms with van der Waals surface area (Å²) in [6, 6.07) is 6.52. The van der Waals surface area contributed by atoms with E-state index in [1.54, 1.807) is 0 Å². The molecule has 210 valence electrons. The molecule has 1 spiro atoms. The molecular formula is C30H40FN5O3. The van der Waals surface area contributed by atoms with Crippen molar-refractivity contribution in [2.75, 3.05) is 43.4 Å². The number of aryl methyl sites for hydroxylation is 1. The zero-order valence-electron chi connectivity index (χ0n) is 22.9. The molecule has 3 saturated heterocycles. The molecule has 4 aliphatic heterocycles. The van der Waals surface area contributed by atoms with Gasteiger partial charge in [0.15, 0.2) is 0 Å². The summed E-state index contributed by atoms with van der Waals surface area (Å²) in [5, 5.41) is 10.9. The fourth-order valence-electron chi connectivity index (χ4n) is 7.99. The number of hydrogen-bond acceptors (Lipinski definition) is 8. The minimum atomic E-state index is -0.804. The van der Waals surface area contributed by atoms with E-state index in [0.29, 0.717) is 45.2 Å². The third-order valence-electron chi connectivity index (χ3n) is 9.85. The van der Waals surface area contributed by atoms with Gasteiger partial charge in [-0.05, 0) is 81.7 Å². The largest absolute Gasteiger partial charge is 0.461 e. The molecule has 0 amide bonds. The Morgan fingerprint density at radius 2 is 2.05 bits per heavy atom. The molecule has 3 fully saturated rings. The van der Waals surface area contributed by atoms with Gasteiger partial charge in [0.05, 0.1) is 29.0 Å². The third kappa shape index (κ3) is 4.46. The zero-order valence-corrected chi connectivity index (χ0v) is 22.9. The number of β-amino-alcohol motifs (C(OH)–C–C–N with tert-alkyl or cyclic N) is 1. The number of hydrogen-bond donors (Lipinski definition) is 2. The van der Waals surface area contributed by atoms with Gasteiger partial charge in [-0.25, -0.2) is 4.39 Å². The number of aliphatic hydroxyl groups is 1. The zero-order chi connectivity index (χ0) is 26.8. The van der Waals surface area contributed by atoms with Crippen LogP contribution in [0.3, 0.4) is 0 Å². The van der Waals surface area contributed by atoms with Crippen LogP contribution in [0, 0.1) is 0 Å². The summed E-state index contributed by atoms with van der Waals surface area (Å²) < 4.78 is 27.5. The van der Waals surface area contributed by atoms with Crippen LogP contribution >= 0.6 is 0 Å². The van der Waals surface area contributed by atoms with Gasteiger partial charge >= 0.3 is 6.01 Å². The van der Waals surface area contributed by atoms with Gasteiger partial charge in [-0.15, -0.1) is 0 Å². The van der Waals surface area contributed by atoms with Gasteiger partial charge in [0.1, 0.15) is 18.6 Å². The highest BCUT2D eigenvalue weighted by molar-refractivity contribution is 5.54. The van der Waals surface area contributed by atoms with Gasteiger partial charge in [0, 0.05) is 43.7 Å². The fourth-order valence-corrected chi connectivity index (χ4v) is 7.99. The summed E-state index contributed by atoms with van der Waals surface area (Å²) in [6.45, 7) is 5.43. The number of nitrogens with zero attached hydrogens (tertiary/aromatic N) is 4. The van der Waals surface area contributed by atoms with Crippen molar-refractivity contribution in [3.8, 4) is 6.01 Å². The van der Waals surface area contributed by atoms with E-state index in [1.807, 2.05) is 13.0 Å². The Morgan fingerprint density at radius 3 is 2.92 bits per heavy atom. The SMILES string of the molecule is C[C@@]1(O)CCCN(c2nc(OC[C@@]34CCCN3C[C@H](F)C4)nc3c2COC2(CCCc4cc(N)ccc42)C3)C1. The lowest BCUT2D eigenvalue weighted by atomic mass is 9.74. The second-order valence-corrected chi connectivity index (χ2v) is 12.9. The Balaban J connectivity index is 1.24. The van der Waals surface area contributed by atoms with Crippen LogP contribution in [0.15, 0.2) is 18.2 Å². The highest BCUT2D eigenvalue weighted by Gasteiger charge is 2.50. The third-order valence-corrected chi connectivity index (χ3v) is 9.85. The molecule has 8 nitrogen and oxygen atoms in total. The summed E-state index contributed by atoms with van der Waals surface area (Å²) in [5.74, 6) is 0.800. The molecule has 4 atom stereocenters. The van der Waals surface area contributed by atoms with Crippen molar-refractivity contribution in [1.29, 1.82) is 0 Å². The molecule has 1 unspecified atom stereocenters. The molecule has 1 aromatic heterocycles. The molecule has 7 rings (SSSR count). The average molecular weight is 538 g/mol. The quantitative estimate of drug-likeness (QED) is 0.571. The predicted molar refractivity (Wildman–Crippen MR) is 147 cm³/mol. The van der Waals surface area contributed by atoms with Crippen molar-refractivity contribution in [2.45, 2.75) is 94.2 Å². The van der Waals surface area contributed by atoms with Crippen LogP contribution in [-0.4, -0.2) is 70.1 Å². The first-order chi connectivity index (χ1) is 18.7. The van der Waals surface area contributed by atoms with Crippen molar-refractivity contribution >= 4 is 11.5 Å². The van der Waals surface area contributed by atoms with E-state index >= 15 is 0 Å². The normalized spacial score (nSPS) is 34.1. The molecule has 0 saturated carbocycles. The Morgan fingerprint density at radius 1 is 1.18 bits per heavy atom. The number of halogens is 1. The maximum atomic E-state index is 14.4. The van der Waals surface area contributed by atoms with E-state index in [2.05, 4.69) is 21.9 Å². The molecule has 5 heterocycles. The molecule has 5 aliphatic rings. The Hall–Kier alpha value is -2.49. The number of nitrogen functional groups attached to an aromatic ring is 1. The van der Waals surface area contributed by atoms with E-state index in [4.69, 9.17) is 25.2 Å². The number of aromatic nitrogens is 2. The first-order valence-electron chi connectivity index (χ1n) is 14.7. The van der Waals surface area contributed by atoms with Crippen LogP contribution in [0.25, 0.3) is 0 Å². The Bertz CT molecular complexity index is 1270. The predicted octanol–water partition coefficient (Wildman–Crippen LogP) is 3.67. The number of piperidine rings is 1. The molecule has 1 aromatic carbocycles. The van der Waals surface area contributed by atoms with Gasteiger partial charge in [0.2, 0.25) is 0 Å². The average Bonchev–Trinajstić information content (AvgIpc) is 3.42. The van der Waals surface area contributed by atoms with E-state index < -0.39 is 17.4 Å². The second kappa shape index (κ2) is 9.28. The van der Waals surface area contributed by atoms with E-state index in [1.165, 1.54) is 11.1 Å². The van der Waals surface area contributed by atoms with Crippen LogP contribution in [0.5, 0.6) is 6.01 Å². The molecule has 9 heteroatoms. The van der Waals surface area contributed by atoms with Gasteiger partial charge in [0.25, 0.3) is 0 Å². The number of ether oxygens (including phenoxy) is 2. The maximum Gasteiger partial charge on any atom is 0.318 e. The maximum absolute atomic E-state index is 14.4. The molecule has 0 radical (unpaired) electrons. The Kier molecular flexibility index (Phi) is 6.06. The van der Waals surface area contributed by atoms with Crippen molar-refractivity contribution in [3.63, 3.8) is 0 Å². The number of alkyl halides is 1. The fraction of sp³-hybridized carbons (Fsp3) is 0.667. The minimum Gasteiger partial charge on any atom is -0.461 e. The standard InChI is InChI=1S/C30H40FN5O3/c1-28(37)8-3-11-35(18-28)26-23-17-39-30(10-2-5-20-13-22(32)6-7-24(20)30)15-25(23)33-27(34-26)38-19-29-9-4-12-36(29)16-21(31)14-29/h6-7,13,21,37H,2-5,8-12,14-19,32H2,1H3/t21-,28-,29+,30?/m1/s1. The van der Waals surface area contributed by atoms with Crippen LogP contribution in [0.1, 0.15) is 74.3 Å².